The molecule has 0 radical (unpaired) electrons. The second-order valence-corrected chi connectivity index (χ2v) is 49.3. The van der Waals surface area contributed by atoms with E-state index in [1.165, 1.54) is 42.2 Å². The van der Waals surface area contributed by atoms with E-state index in [1.54, 1.807) is 0 Å². The average molecular weight is 2030 g/mol. The zero-order valence-corrected chi connectivity index (χ0v) is 85.2. The molecule has 22 nitrogen and oxygen atoms in total. The molecule has 18 fully saturated rings. The average Bonchev–Trinajstić information content (AvgIpc) is 1.53. The van der Waals surface area contributed by atoms with Crippen molar-refractivity contribution in [2.24, 2.45) is 129 Å². The van der Waals surface area contributed by atoms with Gasteiger partial charge in [0.1, 0.15) is 64.9 Å². The molecular weight excluding hydrogens is 1900 g/mol. The number of halogens is 6. The third kappa shape index (κ3) is 20.2. The lowest BCUT2D eigenvalue weighted by molar-refractivity contribution is -0.218. The van der Waals surface area contributed by atoms with E-state index in [1.807, 2.05) is 104 Å². The minimum Gasteiger partial charge on any atom is -0.459 e. The van der Waals surface area contributed by atoms with Crippen molar-refractivity contribution in [2.45, 2.75) is 318 Å². The normalized spacial score (nSPS) is 33.7. The highest BCUT2D eigenvalue weighted by Gasteiger charge is 2.75. The Morgan fingerprint density at radius 2 is 0.618 bits per heavy atom. The van der Waals surface area contributed by atoms with E-state index in [9.17, 15) is 79.1 Å². The highest BCUT2D eigenvalue weighted by Crippen LogP contribution is 2.67. The maximum absolute atomic E-state index is 13.6. The molecule has 18 unspecified atom stereocenters. The van der Waals surface area contributed by atoms with Crippen LogP contribution in [0.1, 0.15) is 218 Å². The van der Waals surface area contributed by atoms with Gasteiger partial charge in [0.15, 0.2) is 29.4 Å². The van der Waals surface area contributed by atoms with Crippen LogP contribution in [0, 0.1) is 129 Å². The van der Waals surface area contributed by atoms with E-state index < -0.39 is 189 Å². The van der Waals surface area contributed by atoms with Gasteiger partial charge < -0.3 is 52.1 Å². The molecule has 6 aromatic rings. The lowest BCUT2D eigenvalue weighted by Crippen LogP contribution is -2.60. The summed E-state index contributed by atoms with van der Waals surface area (Å²) >= 11 is 0. The second kappa shape index (κ2) is 40.4. The quantitative estimate of drug-likeness (QED) is 0.0169. The molecule has 3 heterocycles. The molecule has 3 saturated heterocycles. The topological polar surface area (TPSA) is 289 Å². The summed E-state index contributed by atoms with van der Waals surface area (Å²) in [5.74, 6) is -20.4. The third-order valence-corrected chi connectivity index (χ3v) is 39.8. The molecule has 15 saturated carbocycles. The van der Waals surface area contributed by atoms with Gasteiger partial charge in [0.25, 0.3) is 0 Å². The van der Waals surface area contributed by atoms with Crippen molar-refractivity contribution in [1.29, 1.82) is 0 Å². The monoisotopic (exact) mass is 2030 g/mol. The first-order chi connectivity index (χ1) is 68.3. The number of fused-ring (bicyclic) bond motifs is 3. The van der Waals surface area contributed by atoms with Crippen LogP contribution in [-0.4, -0.2) is 137 Å². The molecule has 3 aliphatic heterocycles. The third-order valence-electron chi connectivity index (χ3n) is 35.3. The Morgan fingerprint density at radius 1 is 0.340 bits per heavy atom. The van der Waals surface area contributed by atoms with Gasteiger partial charge >= 0.3 is 83.4 Å². The Kier molecular flexibility index (Phi) is 29.1. The molecule has 30 heteroatoms. The zero-order valence-electron chi connectivity index (χ0n) is 83.6. The van der Waals surface area contributed by atoms with Crippen molar-refractivity contribution in [3.63, 3.8) is 0 Å². The van der Waals surface area contributed by atoms with E-state index in [-0.39, 0.29) is 51.5 Å². The lowest BCUT2D eigenvalue weighted by Gasteiger charge is -2.60. The van der Waals surface area contributed by atoms with Gasteiger partial charge in [-0.3, -0.25) is 38.4 Å². The van der Waals surface area contributed by atoms with Crippen molar-refractivity contribution in [3.8, 4) is 11.5 Å². The number of esters is 11. The summed E-state index contributed by atoms with van der Waals surface area (Å²) in [6.45, 7) is 19.0. The number of ether oxygens (including phenoxy) is 11. The SMILES string of the molecule is CC(F)(F)C(=O)OC1C2CC3C1OC(=O)C3C2C(=O)OC1(C)C2CC3CC(C2)CC1C3.CC1(OC(=O)C2C3CC4C(OC(=O)C42)C3OC(=O)C(C)(F)F)CCCCC1.CCC(C)(C)C(=O)Oc1ccc([S+](c2ccccc2)c2ccccc2)cc1.CCC(C)(C)C(=O)Oc1ccc([S+](c2ccccc2)c2ccccc2)cc1.CCC1(OC(=O)C2C3CC4C(OC(=O)C42)C3OC(=O)C(C)(F)F)C2CC3CC(C2)CC1C3. The molecule has 6 aromatic carbocycles. The van der Waals surface area contributed by atoms with Crippen molar-refractivity contribution in [2.75, 3.05) is 0 Å². The van der Waals surface area contributed by atoms with Crippen molar-refractivity contribution in [1.82, 2.24) is 0 Å². The van der Waals surface area contributed by atoms with Crippen LogP contribution in [0.2, 0.25) is 0 Å². The summed E-state index contributed by atoms with van der Waals surface area (Å²) in [6, 6.07) is 57.8. The summed E-state index contributed by atoms with van der Waals surface area (Å²) in [5.41, 5.74) is -2.57. The van der Waals surface area contributed by atoms with E-state index in [2.05, 4.69) is 128 Å². The summed E-state index contributed by atoms with van der Waals surface area (Å²) in [6.07, 6.45) is 14.1. The summed E-state index contributed by atoms with van der Waals surface area (Å²) in [7, 11) is -0.390. The summed E-state index contributed by atoms with van der Waals surface area (Å²) in [4.78, 5) is 145. The first kappa shape index (κ1) is 104. The van der Waals surface area contributed by atoms with Crippen molar-refractivity contribution < 1.29 is 131 Å². The zero-order chi connectivity index (χ0) is 103. The molecule has 15 aliphatic carbocycles. The molecule has 18 aliphatic rings. The maximum atomic E-state index is 13.6. The molecule has 0 N–H and O–H groups in total. The Bertz CT molecular complexity index is 5460. The molecule has 0 amide bonds. The largest absolute Gasteiger partial charge is 0.459 e. The van der Waals surface area contributed by atoms with E-state index >= 15 is 0 Å². The number of carbonyl (C=O) groups is 11. The van der Waals surface area contributed by atoms with Crippen LogP contribution in [0.4, 0.5) is 26.3 Å². The number of hydrogen-bond acceptors (Lipinski definition) is 22. The highest BCUT2D eigenvalue weighted by atomic mass is 32.2. The van der Waals surface area contributed by atoms with Gasteiger partial charge in [-0.2, -0.15) is 26.3 Å². The molecule has 772 valence electrons. The predicted molar refractivity (Wildman–Crippen MR) is 515 cm³/mol. The fourth-order valence-corrected chi connectivity index (χ4v) is 31.7. The van der Waals surface area contributed by atoms with Gasteiger partial charge in [-0.05, 0) is 314 Å². The van der Waals surface area contributed by atoms with Crippen LogP contribution < -0.4 is 9.47 Å². The van der Waals surface area contributed by atoms with Gasteiger partial charge in [-0.15, -0.1) is 0 Å². The van der Waals surface area contributed by atoms with Crippen LogP contribution in [0.3, 0.4) is 0 Å². The van der Waals surface area contributed by atoms with Crippen LogP contribution in [0.15, 0.2) is 199 Å². The highest BCUT2D eigenvalue weighted by molar-refractivity contribution is 7.97. The number of carbonyl (C=O) groups excluding carboxylic acids is 11. The summed E-state index contributed by atoms with van der Waals surface area (Å²) < 4.78 is 141. The molecule has 24 rings (SSSR count). The first-order valence-electron chi connectivity index (χ1n) is 51.7. The molecule has 18 atom stereocenters. The smallest absolute Gasteiger partial charge is 0.377 e. The number of benzene rings is 6. The van der Waals surface area contributed by atoms with Gasteiger partial charge in [0.2, 0.25) is 0 Å². The predicted octanol–water partition coefficient (Wildman–Crippen LogP) is 21.5. The van der Waals surface area contributed by atoms with Gasteiger partial charge in [-0.25, -0.2) is 14.4 Å². The van der Waals surface area contributed by atoms with E-state index in [0.29, 0.717) is 75.2 Å². The Balaban J connectivity index is 0.000000119. The molecule has 14 bridgehead atoms. The summed E-state index contributed by atoms with van der Waals surface area (Å²) in [5, 5.41) is 0. The fraction of sp³-hybridized carbons (Fsp3) is 0.588. The Morgan fingerprint density at radius 3 is 0.903 bits per heavy atom. The van der Waals surface area contributed by atoms with Gasteiger partial charge in [-0.1, -0.05) is 100.0 Å². The maximum Gasteiger partial charge on any atom is 0.377 e. The van der Waals surface area contributed by atoms with E-state index in [0.717, 1.165) is 126 Å². The minimum absolute atomic E-state index is 0.192. The molecular formula is C114H132F6O22S2+2. The van der Waals surface area contributed by atoms with Crippen LogP contribution in [-0.2, 0) is 117 Å². The van der Waals surface area contributed by atoms with Crippen molar-refractivity contribution in [3.05, 3.63) is 170 Å². The number of hydrogen-bond donors (Lipinski definition) is 0. The van der Waals surface area contributed by atoms with Crippen molar-refractivity contribution >= 4 is 87.5 Å². The van der Waals surface area contributed by atoms with Crippen LogP contribution in [0.5, 0.6) is 11.5 Å². The lowest BCUT2D eigenvalue weighted by atomic mass is 9.49. The van der Waals surface area contributed by atoms with Crippen LogP contribution in [0.25, 0.3) is 0 Å². The molecule has 0 spiro atoms. The molecule has 0 aromatic heterocycles. The number of rotatable bonds is 25. The molecule has 144 heavy (non-hydrogen) atoms. The van der Waals surface area contributed by atoms with E-state index in [4.69, 9.17) is 52.1 Å². The number of alkyl halides is 6. The first-order valence-corrected chi connectivity index (χ1v) is 54.2. The Hall–Kier alpha value is -10.2. The van der Waals surface area contributed by atoms with Crippen LogP contribution >= 0.6 is 0 Å². The Labute approximate surface area is 842 Å². The second-order valence-electron chi connectivity index (χ2n) is 45.3. The standard InChI is InChI=1S/C24H30F2O6.2C24H25O2S.C23H28F2O6.C19H24F2O6/c1-3-24(12-5-10-4-11(7-12)8-13(24)6-10)32-21(28)17-15-9-14-16(17)20(27)30-18(14)19(15)31-22(29)23(2,25)26;2*1-4-24(2,3)23(25)26-19-15-17-22(18-16-19)27(20-11-7-5-8-12-20)21-13-9-6-10-14-21;1-22(11-4-9-3-10(6-11)7-12(22)5-9)31-20(27)16-14-8-13-15(16)19(26)29-17(13)18(14)30-21(28)23(2,24)25;1-18(6-4-3-5-7-18)27-16(23)12-10-8-9-11(12)15(22)25-13(9)14(10)26-17(24)19(2,20)21/h10-19H,3-9H2,1-2H3;2*5-18H,4H2,1-3H3;9-18H,3-8H2,1-2H3;9-14H,3-8H2,1-2H3/q;2*+1;;. The fourth-order valence-electron chi connectivity index (χ4n) is 27.5. The van der Waals surface area contributed by atoms with Gasteiger partial charge in [0.05, 0.1) is 68.1 Å². The van der Waals surface area contributed by atoms with Gasteiger partial charge in [0, 0.05) is 56.3 Å². The minimum atomic E-state index is -3.65.